The van der Waals surface area contributed by atoms with Crippen LogP contribution < -0.4 is 0 Å². The second-order valence-corrected chi connectivity index (χ2v) is 8.09. The Labute approximate surface area is 132 Å². The quantitative estimate of drug-likeness (QED) is 0.900. The Morgan fingerprint density at radius 3 is 2.36 bits per heavy atom. The smallest absolute Gasteiger partial charge is 0.307 e. The predicted molar refractivity (Wildman–Crippen MR) is 84.9 cm³/mol. The van der Waals surface area contributed by atoms with Gasteiger partial charge in [-0.3, -0.25) is 4.79 Å². The number of carboxylic acid groups (broad SMARTS) is 1. The molecule has 2 rings (SSSR count). The summed E-state index contributed by atoms with van der Waals surface area (Å²) < 4.78 is 26.5. The highest BCUT2D eigenvalue weighted by Crippen LogP contribution is 2.25. The monoisotopic (exact) mass is 325 g/mol. The fourth-order valence-corrected chi connectivity index (χ4v) is 4.57. The van der Waals surface area contributed by atoms with E-state index in [-0.39, 0.29) is 18.2 Å². The van der Waals surface area contributed by atoms with Crippen molar-refractivity contribution >= 4 is 16.0 Å². The lowest BCUT2D eigenvalue weighted by atomic mass is 9.92. The molecule has 0 aliphatic carbocycles. The molecule has 1 heterocycles. The van der Waals surface area contributed by atoms with Crippen LogP contribution in [-0.4, -0.2) is 36.9 Å². The summed E-state index contributed by atoms with van der Waals surface area (Å²) in [6.45, 7) is 4.43. The number of aliphatic carboxylic acids is 1. The number of sulfonamides is 1. The van der Waals surface area contributed by atoms with Gasteiger partial charge in [0.2, 0.25) is 10.0 Å². The van der Waals surface area contributed by atoms with E-state index in [1.54, 1.807) is 0 Å². The zero-order valence-corrected chi connectivity index (χ0v) is 13.8. The van der Waals surface area contributed by atoms with Crippen molar-refractivity contribution in [1.29, 1.82) is 0 Å². The lowest BCUT2D eigenvalue weighted by Gasteiger charge is -2.33. The van der Waals surface area contributed by atoms with Gasteiger partial charge in [-0.15, -0.1) is 0 Å². The second kappa shape index (κ2) is 6.79. The zero-order valence-electron chi connectivity index (χ0n) is 13.0. The van der Waals surface area contributed by atoms with Crippen LogP contribution in [-0.2, 0) is 27.0 Å². The molecule has 0 bridgehead atoms. The summed E-state index contributed by atoms with van der Waals surface area (Å²) in [7, 11) is -3.49. The number of carbonyl (C=O) groups is 1. The van der Waals surface area contributed by atoms with Crippen LogP contribution in [0.1, 0.15) is 31.4 Å². The first kappa shape index (κ1) is 17.0. The molecule has 1 aliphatic rings. The minimum absolute atomic E-state index is 0.0621. The third kappa shape index (κ3) is 4.08. The lowest BCUT2D eigenvalue weighted by molar-refractivity contribution is -0.143. The van der Waals surface area contributed by atoms with Gasteiger partial charge in [0.1, 0.15) is 0 Å². The van der Waals surface area contributed by atoms with Crippen molar-refractivity contribution in [3.05, 3.63) is 35.4 Å². The molecule has 1 N–H and O–H groups in total. The maximum atomic E-state index is 12.6. The molecule has 2 unspecified atom stereocenters. The van der Waals surface area contributed by atoms with Crippen molar-refractivity contribution in [2.45, 2.75) is 32.4 Å². The average molecular weight is 325 g/mol. The van der Waals surface area contributed by atoms with E-state index in [1.165, 1.54) is 9.87 Å². The van der Waals surface area contributed by atoms with Crippen molar-refractivity contribution in [2.75, 3.05) is 13.1 Å². The summed E-state index contributed by atoms with van der Waals surface area (Å²) >= 11 is 0. The van der Waals surface area contributed by atoms with Crippen LogP contribution in [0, 0.1) is 11.8 Å². The van der Waals surface area contributed by atoms with Gasteiger partial charge >= 0.3 is 5.97 Å². The average Bonchev–Trinajstić information content (AvgIpc) is 2.47. The Bertz CT molecular complexity index is 624. The normalized spacial score (nSPS) is 23.4. The van der Waals surface area contributed by atoms with Gasteiger partial charge in [-0.25, -0.2) is 12.7 Å². The molecule has 0 spiro atoms. The number of rotatable bonds is 5. The Hall–Kier alpha value is -1.40. The van der Waals surface area contributed by atoms with E-state index < -0.39 is 21.9 Å². The van der Waals surface area contributed by atoms with Crippen molar-refractivity contribution in [2.24, 2.45) is 11.8 Å². The second-order valence-electron chi connectivity index (χ2n) is 6.12. The molecule has 1 aromatic carbocycles. The number of nitrogens with zero attached hydrogens (tertiary/aromatic N) is 1. The molecule has 0 aromatic heterocycles. The van der Waals surface area contributed by atoms with Crippen LogP contribution in [0.3, 0.4) is 0 Å². The van der Waals surface area contributed by atoms with Gasteiger partial charge in [0, 0.05) is 13.1 Å². The van der Waals surface area contributed by atoms with E-state index in [0.29, 0.717) is 13.0 Å². The number of piperidine rings is 1. The summed E-state index contributed by atoms with van der Waals surface area (Å²) in [5.74, 6) is -1.54. The Balaban J connectivity index is 2.12. The molecule has 1 saturated heterocycles. The van der Waals surface area contributed by atoms with Gasteiger partial charge < -0.3 is 5.11 Å². The topological polar surface area (TPSA) is 74.7 Å². The van der Waals surface area contributed by atoms with Crippen molar-refractivity contribution < 1.29 is 18.3 Å². The summed E-state index contributed by atoms with van der Waals surface area (Å²) in [6, 6.07) is 7.53. The minimum Gasteiger partial charge on any atom is -0.481 e. The summed E-state index contributed by atoms with van der Waals surface area (Å²) in [5, 5.41) is 9.17. The molecule has 122 valence electrons. The zero-order chi connectivity index (χ0) is 16.3. The standard InChI is InChI=1S/C16H23NO4S/c1-3-13-4-6-14(7-5-13)11-22(20,21)17-9-12(2)8-15(10-17)16(18)19/h4-7,12,15H,3,8-11H2,1-2H3,(H,18,19). The molecule has 0 saturated carbocycles. The molecule has 1 fully saturated rings. The molecular weight excluding hydrogens is 302 g/mol. The molecule has 1 aliphatic heterocycles. The number of hydrogen-bond donors (Lipinski definition) is 1. The third-order valence-corrected chi connectivity index (χ3v) is 5.93. The maximum absolute atomic E-state index is 12.6. The van der Waals surface area contributed by atoms with Gasteiger partial charge in [0.25, 0.3) is 0 Å². The Morgan fingerprint density at radius 1 is 1.23 bits per heavy atom. The van der Waals surface area contributed by atoms with E-state index in [0.717, 1.165) is 12.0 Å². The van der Waals surface area contributed by atoms with Crippen molar-refractivity contribution in [1.82, 2.24) is 4.31 Å². The fourth-order valence-electron chi connectivity index (χ4n) is 2.88. The molecule has 2 atom stereocenters. The Morgan fingerprint density at radius 2 is 1.82 bits per heavy atom. The van der Waals surface area contributed by atoms with Gasteiger partial charge in [-0.1, -0.05) is 38.1 Å². The number of benzene rings is 1. The molecule has 0 amide bonds. The SMILES string of the molecule is CCc1ccc(CS(=O)(=O)N2CC(C)CC(C(=O)O)C2)cc1. The van der Waals surface area contributed by atoms with Crippen LogP contribution in [0.2, 0.25) is 0 Å². The van der Waals surface area contributed by atoms with E-state index in [2.05, 4.69) is 0 Å². The molecule has 1 aromatic rings. The summed E-state index contributed by atoms with van der Waals surface area (Å²) in [6.07, 6.45) is 1.45. The molecule has 22 heavy (non-hydrogen) atoms. The van der Waals surface area contributed by atoms with Gasteiger partial charge in [0.05, 0.1) is 11.7 Å². The van der Waals surface area contributed by atoms with Gasteiger partial charge in [0.15, 0.2) is 0 Å². The summed E-state index contributed by atoms with van der Waals surface area (Å²) in [4.78, 5) is 11.2. The number of aryl methyl sites for hydroxylation is 1. The van der Waals surface area contributed by atoms with E-state index in [1.807, 2.05) is 38.1 Å². The first-order chi connectivity index (χ1) is 10.3. The highest BCUT2D eigenvalue weighted by Gasteiger charge is 2.35. The van der Waals surface area contributed by atoms with Crippen LogP contribution in [0.15, 0.2) is 24.3 Å². The number of hydrogen-bond acceptors (Lipinski definition) is 3. The van der Waals surface area contributed by atoms with Crippen molar-refractivity contribution in [3.63, 3.8) is 0 Å². The van der Waals surface area contributed by atoms with Crippen LogP contribution in [0.25, 0.3) is 0 Å². The molecular formula is C16H23NO4S. The maximum Gasteiger partial charge on any atom is 0.307 e. The van der Waals surface area contributed by atoms with Gasteiger partial charge in [-0.2, -0.15) is 0 Å². The highest BCUT2D eigenvalue weighted by atomic mass is 32.2. The molecule has 5 nitrogen and oxygen atoms in total. The van der Waals surface area contributed by atoms with Crippen molar-refractivity contribution in [3.8, 4) is 0 Å². The Kier molecular flexibility index (Phi) is 5.24. The van der Waals surface area contributed by atoms with Crippen LogP contribution in [0.4, 0.5) is 0 Å². The van der Waals surface area contributed by atoms with E-state index >= 15 is 0 Å². The van der Waals surface area contributed by atoms with E-state index in [9.17, 15) is 13.2 Å². The first-order valence-corrected chi connectivity index (χ1v) is 9.21. The molecule has 0 radical (unpaired) electrons. The van der Waals surface area contributed by atoms with Gasteiger partial charge in [-0.05, 0) is 29.9 Å². The summed E-state index contributed by atoms with van der Waals surface area (Å²) in [5.41, 5.74) is 1.90. The highest BCUT2D eigenvalue weighted by molar-refractivity contribution is 7.88. The lowest BCUT2D eigenvalue weighted by Crippen LogP contribution is -2.45. The van der Waals surface area contributed by atoms with E-state index in [4.69, 9.17) is 5.11 Å². The van der Waals surface area contributed by atoms with Crippen LogP contribution >= 0.6 is 0 Å². The predicted octanol–water partition coefficient (Wildman–Crippen LogP) is 2.12. The third-order valence-electron chi connectivity index (χ3n) is 4.15. The minimum atomic E-state index is -3.49. The first-order valence-electron chi connectivity index (χ1n) is 7.60. The molecule has 6 heteroatoms. The largest absolute Gasteiger partial charge is 0.481 e. The fraction of sp³-hybridized carbons (Fsp3) is 0.562. The van der Waals surface area contributed by atoms with Crippen LogP contribution in [0.5, 0.6) is 0 Å². The number of carboxylic acids is 1.